The summed E-state index contributed by atoms with van der Waals surface area (Å²) in [6.07, 6.45) is 7.24. The molecule has 7 rings (SSSR count). The van der Waals surface area contributed by atoms with Crippen LogP contribution < -0.4 is 11.4 Å². The summed E-state index contributed by atoms with van der Waals surface area (Å²) in [5, 5.41) is 2.92. The highest BCUT2D eigenvalue weighted by atomic mass is 27.3. The third-order valence-corrected chi connectivity index (χ3v) is 8.66. The summed E-state index contributed by atoms with van der Waals surface area (Å²) >= 11 is -3.00. The predicted octanol–water partition coefficient (Wildman–Crippen LogP) is 6.72. The monoisotopic (exact) mass is 587 g/mol. The summed E-state index contributed by atoms with van der Waals surface area (Å²) in [5.74, 6) is 1.87. The van der Waals surface area contributed by atoms with Gasteiger partial charge in [0.25, 0.3) is 0 Å². The van der Waals surface area contributed by atoms with Crippen LogP contribution in [-0.2, 0) is 22.5 Å². The van der Waals surface area contributed by atoms with E-state index in [4.69, 9.17) is 25.8 Å². The summed E-state index contributed by atoms with van der Waals surface area (Å²) in [6.45, 7) is 3.97. The van der Waals surface area contributed by atoms with Crippen molar-refractivity contribution in [2.75, 3.05) is 13.2 Å². The van der Waals surface area contributed by atoms with Crippen LogP contribution in [0, 0.1) is 0 Å². The van der Waals surface area contributed by atoms with Crippen LogP contribution in [0.4, 0.5) is 0 Å². The summed E-state index contributed by atoms with van der Waals surface area (Å²) in [6, 6.07) is 25.7. The van der Waals surface area contributed by atoms with Crippen LogP contribution in [-0.4, -0.2) is 49.4 Å². The number of rotatable bonds is 12. The molecule has 214 valence electrons. The standard InChI is InChI=1S/C16H19NO3.2C9H7NO.Al/c1-2-4-11-7-12(8-19-9-13-10-20-13)14-5-3-6-17-15(14)16(11)18;2*11-8-5-1-3-7-4-2-6-10-9(7)8;/h3,5-7,13,18H,2,4,8-10H2,1H3;2*1-6,11H;/q;;;+3/p-3. The highest BCUT2D eigenvalue weighted by Crippen LogP contribution is 2.35. The number of aromatic nitrogens is 3. The molecule has 1 aliphatic heterocycles. The van der Waals surface area contributed by atoms with E-state index in [1.807, 2.05) is 66.7 Å². The number of nitrogens with zero attached hydrogens (tertiary/aromatic N) is 3. The van der Waals surface area contributed by atoms with E-state index in [1.54, 1.807) is 18.6 Å². The summed E-state index contributed by atoms with van der Waals surface area (Å²) in [5.41, 5.74) is 4.35. The van der Waals surface area contributed by atoms with E-state index in [0.29, 0.717) is 30.5 Å². The second-order valence-corrected chi connectivity index (χ2v) is 11.7. The number of epoxide rings is 1. The van der Waals surface area contributed by atoms with E-state index in [0.717, 1.165) is 63.3 Å². The Balaban J connectivity index is 1.30. The maximum absolute atomic E-state index is 6.84. The average molecular weight is 588 g/mol. The van der Waals surface area contributed by atoms with Crippen molar-refractivity contribution < 1.29 is 20.8 Å². The molecule has 3 aromatic carbocycles. The molecule has 4 heterocycles. The minimum absolute atomic E-state index is 0.204. The first-order valence-corrected chi connectivity index (χ1v) is 15.9. The molecule has 1 unspecified atom stereocenters. The van der Waals surface area contributed by atoms with Gasteiger partial charge in [-0.3, -0.25) is 15.0 Å². The van der Waals surface area contributed by atoms with Gasteiger partial charge < -0.3 is 20.8 Å². The van der Waals surface area contributed by atoms with Crippen molar-refractivity contribution in [2.24, 2.45) is 0 Å². The third kappa shape index (κ3) is 6.12. The first-order chi connectivity index (χ1) is 21.3. The molecule has 0 aliphatic carbocycles. The van der Waals surface area contributed by atoms with Crippen LogP contribution in [0.1, 0.15) is 24.5 Å². The Morgan fingerprint density at radius 3 is 1.98 bits per heavy atom. The molecular formula is C34H30AlN3O5. The molecule has 1 atom stereocenters. The number of ether oxygens (including phenoxy) is 2. The predicted molar refractivity (Wildman–Crippen MR) is 166 cm³/mol. The number of aryl methyl sites for hydroxylation is 1. The third-order valence-electron chi connectivity index (χ3n) is 7.34. The highest BCUT2D eigenvalue weighted by Gasteiger charge is 2.46. The Morgan fingerprint density at radius 2 is 1.35 bits per heavy atom. The Bertz CT molecular complexity index is 1810. The molecule has 1 aliphatic rings. The van der Waals surface area contributed by atoms with Crippen LogP contribution in [0.25, 0.3) is 32.7 Å². The van der Waals surface area contributed by atoms with Gasteiger partial charge in [-0.15, -0.1) is 0 Å². The van der Waals surface area contributed by atoms with E-state index in [2.05, 4.69) is 29.0 Å². The number of para-hydroxylation sites is 2. The maximum atomic E-state index is 6.84. The number of hydrogen-bond acceptors (Lipinski definition) is 8. The van der Waals surface area contributed by atoms with Gasteiger partial charge in [0.1, 0.15) is 39.9 Å². The first kappa shape index (κ1) is 27.6. The Morgan fingerprint density at radius 1 is 0.744 bits per heavy atom. The fourth-order valence-electron chi connectivity index (χ4n) is 5.24. The van der Waals surface area contributed by atoms with E-state index in [9.17, 15) is 0 Å². The fraction of sp³-hybridized carbons (Fsp3) is 0.206. The molecule has 0 spiro atoms. The van der Waals surface area contributed by atoms with Crippen molar-refractivity contribution >= 4 is 47.9 Å². The minimum Gasteiger partial charge on any atom is -0.576 e. The molecule has 0 radical (unpaired) electrons. The molecule has 0 bridgehead atoms. The van der Waals surface area contributed by atoms with E-state index >= 15 is 0 Å². The number of fused-ring (bicyclic) bond motifs is 3. The Hall–Kier alpha value is -4.26. The number of benzene rings is 3. The molecule has 0 N–H and O–H groups in total. The quantitative estimate of drug-likeness (QED) is 0.115. The molecule has 1 saturated heterocycles. The van der Waals surface area contributed by atoms with E-state index < -0.39 is 15.1 Å². The van der Waals surface area contributed by atoms with Gasteiger partial charge in [0.15, 0.2) is 0 Å². The SMILES string of the molecule is CCCc1cc(COCC2CO2)c2cccnc2c1[O][Al]([O]c1cccc2cccnc12)[O]c1cccc2cccnc12. The van der Waals surface area contributed by atoms with E-state index in [-0.39, 0.29) is 6.10 Å². The van der Waals surface area contributed by atoms with Crippen molar-refractivity contribution in [2.45, 2.75) is 32.5 Å². The fourth-order valence-corrected chi connectivity index (χ4v) is 6.63. The molecular weight excluding hydrogens is 557 g/mol. The van der Waals surface area contributed by atoms with Crippen molar-refractivity contribution in [3.63, 3.8) is 0 Å². The van der Waals surface area contributed by atoms with Crippen LogP contribution in [0.2, 0.25) is 0 Å². The van der Waals surface area contributed by atoms with Gasteiger partial charge in [-0.2, -0.15) is 0 Å². The highest BCUT2D eigenvalue weighted by molar-refractivity contribution is 6.40. The topological polar surface area (TPSA) is 88.1 Å². The maximum Gasteiger partial charge on any atom is 1.20 e. The smallest absolute Gasteiger partial charge is 0.576 e. The van der Waals surface area contributed by atoms with Crippen molar-refractivity contribution in [3.05, 3.63) is 109 Å². The van der Waals surface area contributed by atoms with E-state index in [1.165, 1.54) is 0 Å². The second kappa shape index (κ2) is 12.5. The van der Waals surface area contributed by atoms with Crippen LogP contribution in [0.5, 0.6) is 17.2 Å². The van der Waals surface area contributed by atoms with Gasteiger partial charge in [-0.1, -0.05) is 55.8 Å². The van der Waals surface area contributed by atoms with Crippen LogP contribution in [0.3, 0.4) is 0 Å². The minimum atomic E-state index is -3.00. The number of hydrogen-bond donors (Lipinski definition) is 0. The van der Waals surface area contributed by atoms with Crippen LogP contribution >= 0.6 is 0 Å². The number of pyridine rings is 3. The lowest BCUT2D eigenvalue weighted by molar-refractivity contribution is 0.105. The molecule has 6 aromatic rings. The van der Waals surface area contributed by atoms with Gasteiger partial charge in [0.05, 0.1) is 19.8 Å². The lowest BCUT2D eigenvalue weighted by Gasteiger charge is -2.21. The Labute approximate surface area is 254 Å². The molecule has 3 aromatic heterocycles. The van der Waals surface area contributed by atoms with Crippen molar-refractivity contribution in [1.29, 1.82) is 0 Å². The summed E-state index contributed by atoms with van der Waals surface area (Å²) < 4.78 is 31.4. The first-order valence-electron chi connectivity index (χ1n) is 14.5. The lowest BCUT2D eigenvalue weighted by Crippen LogP contribution is -2.37. The summed E-state index contributed by atoms with van der Waals surface area (Å²) in [7, 11) is 0. The van der Waals surface area contributed by atoms with Gasteiger partial charge >= 0.3 is 15.1 Å². The lowest BCUT2D eigenvalue weighted by atomic mass is 10.0. The zero-order chi connectivity index (χ0) is 29.0. The van der Waals surface area contributed by atoms with Crippen molar-refractivity contribution in [3.8, 4) is 17.2 Å². The van der Waals surface area contributed by atoms with Gasteiger partial charge in [-0.05, 0) is 53.9 Å². The second-order valence-electron chi connectivity index (χ2n) is 10.4. The largest absolute Gasteiger partial charge is 1.20 e. The zero-order valence-electron chi connectivity index (χ0n) is 23.8. The molecule has 1 fully saturated rings. The van der Waals surface area contributed by atoms with Gasteiger partial charge in [0, 0.05) is 34.7 Å². The molecule has 9 heteroatoms. The molecule has 8 nitrogen and oxygen atoms in total. The molecule has 0 amide bonds. The normalized spacial score (nSPS) is 14.2. The van der Waals surface area contributed by atoms with Crippen molar-refractivity contribution in [1.82, 2.24) is 15.0 Å². The molecule has 0 saturated carbocycles. The molecule has 43 heavy (non-hydrogen) atoms. The zero-order valence-corrected chi connectivity index (χ0v) is 25.0. The summed E-state index contributed by atoms with van der Waals surface area (Å²) in [4.78, 5) is 14.0. The van der Waals surface area contributed by atoms with Gasteiger partial charge in [0.2, 0.25) is 0 Å². The average Bonchev–Trinajstić information content (AvgIpc) is 3.87. The van der Waals surface area contributed by atoms with Crippen LogP contribution in [0.15, 0.2) is 97.5 Å². The Kier molecular flexibility index (Phi) is 8.04. The van der Waals surface area contributed by atoms with Gasteiger partial charge in [-0.25, -0.2) is 0 Å².